The predicted molar refractivity (Wildman–Crippen MR) is 105 cm³/mol. The maximum Gasteiger partial charge on any atom is 0.281 e. The molecular weight excluding hydrogens is 372 g/mol. The number of methoxy groups -OCH3 is 1. The molecular formula is C19H16N8O2. The zero-order valence-corrected chi connectivity index (χ0v) is 15.9. The van der Waals surface area contributed by atoms with E-state index in [4.69, 9.17) is 4.74 Å². The fraction of sp³-hybridized carbons (Fsp3) is 0.158. The van der Waals surface area contributed by atoms with Gasteiger partial charge in [0.25, 0.3) is 11.3 Å². The molecule has 0 fully saturated rings. The van der Waals surface area contributed by atoms with Crippen LogP contribution in [0.15, 0.2) is 47.7 Å². The molecule has 10 nitrogen and oxygen atoms in total. The number of hydrogen-bond donors (Lipinski definition) is 0. The van der Waals surface area contributed by atoms with Crippen LogP contribution in [0.5, 0.6) is 5.75 Å². The number of benzene rings is 1. The molecule has 5 aromatic rings. The van der Waals surface area contributed by atoms with Crippen molar-refractivity contribution in [3.05, 3.63) is 64.9 Å². The zero-order chi connectivity index (χ0) is 20.1. The summed E-state index contributed by atoms with van der Waals surface area (Å²) in [5, 5.41) is 12.8. The van der Waals surface area contributed by atoms with Crippen molar-refractivity contribution in [3.8, 4) is 17.0 Å². The van der Waals surface area contributed by atoms with Crippen LogP contribution in [0.4, 0.5) is 0 Å². The Morgan fingerprint density at radius 3 is 2.41 bits per heavy atom. The Hall–Kier alpha value is -4.08. The molecule has 0 saturated carbocycles. The fourth-order valence-electron chi connectivity index (χ4n) is 3.46. The van der Waals surface area contributed by atoms with Gasteiger partial charge < -0.3 is 4.74 Å². The zero-order valence-electron chi connectivity index (χ0n) is 15.9. The highest BCUT2D eigenvalue weighted by Gasteiger charge is 2.19. The molecule has 0 aliphatic rings. The minimum atomic E-state index is -0.260. The minimum absolute atomic E-state index is 0.260. The van der Waals surface area contributed by atoms with Gasteiger partial charge in [-0.25, -0.2) is 14.3 Å². The van der Waals surface area contributed by atoms with Gasteiger partial charge in [0.2, 0.25) is 0 Å². The molecule has 0 aliphatic carbocycles. The summed E-state index contributed by atoms with van der Waals surface area (Å²) in [7, 11) is 1.61. The van der Waals surface area contributed by atoms with Crippen LogP contribution >= 0.6 is 0 Å². The van der Waals surface area contributed by atoms with E-state index in [1.165, 1.54) is 11.0 Å². The quantitative estimate of drug-likeness (QED) is 0.463. The fourth-order valence-corrected chi connectivity index (χ4v) is 3.46. The molecule has 0 atom stereocenters. The van der Waals surface area contributed by atoms with Crippen LogP contribution < -0.4 is 10.3 Å². The van der Waals surface area contributed by atoms with Crippen LogP contribution in [0.2, 0.25) is 0 Å². The third-order valence-corrected chi connectivity index (χ3v) is 4.78. The van der Waals surface area contributed by atoms with Gasteiger partial charge in [-0.2, -0.15) is 14.6 Å². The lowest BCUT2D eigenvalue weighted by atomic mass is 10.1. The van der Waals surface area contributed by atoms with Crippen molar-refractivity contribution in [2.45, 2.75) is 13.8 Å². The summed E-state index contributed by atoms with van der Waals surface area (Å²) in [6, 6.07) is 9.19. The lowest BCUT2D eigenvalue weighted by molar-refractivity contribution is 0.415. The second kappa shape index (κ2) is 6.23. The van der Waals surface area contributed by atoms with Gasteiger partial charge in [-0.05, 0) is 44.2 Å². The predicted octanol–water partition coefficient (Wildman–Crippen LogP) is 1.63. The van der Waals surface area contributed by atoms with Crippen molar-refractivity contribution in [2.75, 3.05) is 7.11 Å². The first-order valence-corrected chi connectivity index (χ1v) is 8.87. The molecule has 0 amide bonds. The number of aryl methyl sites for hydroxylation is 2. The molecule has 0 bridgehead atoms. The van der Waals surface area contributed by atoms with Crippen molar-refractivity contribution in [1.29, 1.82) is 0 Å². The molecule has 0 N–H and O–H groups in total. The largest absolute Gasteiger partial charge is 0.497 e. The SMILES string of the molecule is COc1ccc(-c2c3c(=O)n(-n4c(C)nnc4C)ccc3nc3ncnn23)cc1. The van der Waals surface area contributed by atoms with E-state index in [9.17, 15) is 4.79 Å². The van der Waals surface area contributed by atoms with Crippen molar-refractivity contribution in [2.24, 2.45) is 0 Å². The third kappa shape index (κ3) is 2.49. The Bertz CT molecular complexity index is 1410. The van der Waals surface area contributed by atoms with Gasteiger partial charge in [-0.3, -0.25) is 4.79 Å². The molecule has 0 radical (unpaired) electrons. The average Bonchev–Trinajstić information content (AvgIpc) is 3.33. The number of hydrogen-bond acceptors (Lipinski definition) is 7. The number of ether oxygens (including phenoxy) is 1. The van der Waals surface area contributed by atoms with E-state index in [2.05, 4.69) is 25.3 Å². The Kier molecular flexibility index (Phi) is 3.66. The smallest absolute Gasteiger partial charge is 0.281 e. The maximum atomic E-state index is 13.6. The average molecular weight is 388 g/mol. The van der Waals surface area contributed by atoms with E-state index < -0.39 is 0 Å². The summed E-state index contributed by atoms with van der Waals surface area (Å²) in [6.45, 7) is 3.58. The van der Waals surface area contributed by atoms with Gasteiger partial charge in [0.05, 0.1) is 23.7 Å². The van der Waals surface area contributed by atoms with Gasteiger partial charge in [0.15, 0.2) is 0 Å². The van der Waals surface area contributed by atoms with Gasteiger partial charge in [-0.1, -0.05) is 0 Å². The number of pyridine rings is 1. The summed E-state index contributed by atoms with van der Waals surface area (Å²) in [5.41, 5.74) is 1.67. The Labute approximate surface area is 164 Å². The van der Waals surface area contributed by atoms with E-state index in [-0.39, 0.29) is 5.56 Å². The standard InChI is InChI=1S/C19H16N8O2/c1-11-23-24-12(2)27(11)25-9-8-15-16(18(25)28)17(26-19(22-15)20-10-21-26)13-4-6-14(29-3)7-5-13/h4-10H,1-3H3. The van der Waals surface area contributed by atoms with E-state index >= 15 is 0 Å². The van der Waals surface area contributed by atoms with E-state index in [1.807, 2.05) is 24.3 Å². The molecule has 0 spiro atoms. The Morgan fingerprint density at radius 2 is 1.72 bits per heavy atom. The highest BCUT2D eigenvalue weighted by molar-refractivity contribution is 5.93. The van der Waals surface area contributed by atoms with Crippen LogP contribution in [0.25, 0.3) is 27.9 Å². The normalized spacial score (nSPS) is 11.4. The molecule has 5 rings (SSSR count). The Balaban J connectivity index is 1.91. The molecule has 0 saturated heterocycles. The number of nitrogens with zero attached hydrogens (tertiary/aromatic N) is 8. The van der Waals surface area contributed by atoms with E-state index in [0.717, 1.165) is 11.3 Å². The molecule has 144 valence electrons. The highest BCUT2D eigenvalue weighted by atomic mass is 16.5. The molecule has 0 unspecified atom stereocenters. The molecule has 1 aromatic carbocycles. The summed E-state index contributed by atoms with van der Waals surface area (Å²) in [5.74, 6) is 2.33. The molecule has 4 heterocycles. The first-order chi connectivity index (χ1) is 14.1. The van der Waals surface area contributed by atoms with Gasteiger partial charge in [0.1, 0.15) is 23.7 Å². The van der Waals surface area contributed by atoms with Crippen LogP contribution in [-0.4, -0.2) is 46.2 Å². The molecule has 4 aromatic heterocycles. The van der Waals surface area contributed by atoms with Crippen molar-refractivity contribution in [3.63, 3.8) is 0 Å². The molecule has 10 heteroatoms. The molecule has 29 heavy (non-hydrogen) atoms. The van der Waals surface area contributed by atoms with Crippen LogP contribution in [0.3, 0.4) is 0 Å². The van der Waals surface area contributed by atoms with Gasteiger partial charge in [-0.15, -0.1) is 10.2 Å². The van der Waals surface area contributed by atoms with Crippen LogP contribution in [0, 0.1) is 13.8 Å². The monoisotopic (exact) mass is 388 g/mol. The summed E-state index contributed by atoms with van der Waals surface area (Å²) >= 11 is 0. The molecule has 0 aliphatic heterocycles. The maximum absolute atomic E-state index is 13.6. The van der Waals surface area contributed by atoms with Crippen LogP contribution in [-0.2, 0) is 0 Å². The first-order valence-electron chi connectivity index (χ1n) is 8.87. The lowest BCUT2D eigenvalue weighted by Crippen LogP contribution is -2.28. The summed E-state index contributed by atoms with van der Waals surface area (Å²) in [6.07, 6.45) is 3.08. The van der Waals surface area contributed by atoms with E-state index in [0.29, 0.717) is 34.0 Å². The topological polar surface area (TPSA) is 105 Å². The minimum Gasteiger partial charge on any atom is -0.497 e. The Morgan fingerprint density at radius 1 is 1.00 bits per heavy atom. The number of aromatic nitrogens is 8. The highest BCUT2D eigenvalue weighted by Crippen LogP contribution is 2.27. The third-order valence-electron chi connectivity index (χ3n) is 4.78. The van der Waals surface area contributed by atoms with E-state index in [1.54, 1.807) is 42.4 Å². The van der Waals surface area contributed by atoms with Crippen molar-refractivity contribution >= 4 is 16.7 Å². The second-order valence-electron chi connectivity index (χ2n) is 6.49. The number of rotatable bonds is 3. The first kappa shape index (κ1) is 17.0. The lowest BCUT2D eigenvalue weighted by Gasteiger charge is -2.13. The summed E-state index contributed by atoms with van der Waals surface area (Å²) in [4.78, 5) is 22.3. The number of fused-ring (bicyclic) bond motifs is 2. The van der Waals surface area contributed by atoms with Crippen molar-refractivity contribution < 1.29 is 4.74 Å². The second-order valence-corrected chi connectivity index (χ2v) is 6.49. The van der Waals surface area contributed by atoms with Gasteiger partial charge in [0, 0.05) is 11.8 Å². The van der Waals surface area contributed by atoms with Crippen LogP contribution in [0.1, 0.15) is 11.6 Å². The van der Waals surface area contributed by atoms with Crippen molar-refractivity contribution in [1.82, 2.24) is 39.1 Å². The van der Waals surface area contributed by atoms with Gasteiger partial charge >= 0.3 is 0 Å². The summed E-state index contributed by atoms with van der Waals surface area (Å²) < 4.78 is 9.96.